The summed E-state index contributed by atoms with van der Waals surface area (Å²) in [6.07, 6.45) is 6.43. The molecule has 1 fully saturated rings. The SMILES string of the molecule is CCC1(CC)CSC(c2ccncc2)SC1. The highest BCUT2D eigenvalue weighted by Gasteiger charge is 2.33. The second-order valence-corrected chi connectivity index (χ2v) is 6.93. The Labute approximate surface area is 107 Å². The van der Waals surface area contributed by atoms with Gasteiger partial charge in [-0.25, -0.2) is 0 Å². The number of hydrogen-bond donors (Lipinski definition) is 0. The predicted molar refractivity (Wildman–Crippen MR) is 74.9 cm³/mol. The van der Waals surface area contributed by atoms with Crippen LogP contribution in [-0.2, 0) is 0 Å². The fourth-order valence-corrected chi connectivity index (χ4v) is 5.62. The first-order valence-electron chi connectivity index (χ1n) is 5.93. The maximum absolute atomic E-state index is 4.08. The topological polar surface area (TPSA) is 12.9 Å². The first kappa shape index (κ1) is 12.3. The van der Waals surface area contributed by atoms with Gasteiger partial charge in [-0.15, -0.1) is 23.5 Å². The largest absolute Gasteiger partial charge is 0.265 e. The molecule has 1 aliphatic rings. The number of aromatic nitrogens is 1. The van der Waals surface area contributed by atoms with Crippen LogP contribution in [0, 0.1) is 5.41 Å². The minimum absolute atomic E-state index is 0.582. The Hall–Kier alpha value is -0.150. The number of thioether (sulfide) groups is 2. The smallest absolute Gasteiger partial charge is 0.0752 e. The lowest BCUT2D eigenvalue weighted by atomic mass is 9.87. The van der Waals surface area contributed by atoms with Gasteiger partial charge in [0.1, 0.15) is 0 Å². The molecule has 1 nitrogen and oxygen atoms in total. The normalized spacial score (nSPS) is 20.9. The highest BCUT2D eigenvalue weighted by Crippen LogP contribution is 2.51. The molecule has 0 unspecified atom stereocenters. The molecular weight excluding hydrogens is 234 g/mol. The first-order valence-corrected chi connectivity index (χ1v) is 8.02. The number of nitrogens with zero attached hydrogens (tertiary/aromatic N) is 1. The van der Waals surface area contributed by atoms with E-state index in [0.29, 0.717) is 10.00 Å². The lowest BCUT2D eigenvalue weighted by Gasteiger charge is -2.38. The maximum atomic E-state index is 4.08. The quantitative estimate of drug-likeness (QED) is 0.794. The number of hydrogen-bond acceptors (Lipinski definition) is 3. The third-order valence-electron chi connectivity index (χ3n) is 3.56. The summed E-state index contributed by atoms with van der Waals surface area (Å²) in [7, 11) is 0. The molecule has 0 N–H and O–H groups in total. The molecule has 0 aromatic carbocycles. The summed E-state index contributed by atoms with van der Waals surface area (Å²) in [6.45, 7) is 4.66. The van der Waals surface area contributed by atoms with Crippen molar-refractivity contribution in [3.8, 4) is 0 Å². The van der Waals surface area contributed by atoms with E-state index in [2.05, 4.69) is 54.5 Å². The van der Waals surface area contributed by atoms with Crippen molar-refractivity contribution in [2.45, 2.75) is 31.3 Å². The number of rotatable bonds is 3. The molecular formula is C13H19NS2. The minimum Gasteiger partial charge on any atom is -0.265 e. The van der Waals surface area contributed by atoms with Gasteiger partial charge in [0.25, 0.3) is 0 Å². The summed E-state index contributed by atoms with van der Waals surface area (Å²) in [6, 6.07) is 4.30. The molecule has 0 amide bonds. The van der Waals surface area contributed by atoms with Gasteiger partial charge in [-0.1, -0.05) is 13.8 Å². The van der Waals surface area contributed by atoms with E-state index in [4.69, 9.17) is 0 Å². The standard InChI is InChI=1S/C13H19NS2/c1-3-13(4-2)9-15-12(16-10-13)11-5-7-14-8-6-11/h5-8,12H,3-4,9-10H2,1-2H3. The van der Waals surface area contributed by atoms with Crippen molar-refractivity contribution < 1.29 is 0 Å². The van der Waals surface area contributed by atoms with E-state index in [9.17, 15) is 0 Å². The van der Waals surface area contributed by atoms with Gasteiger partial charge in [-0.3, -0.25) is 4.98 Å². The molecule has 2 rings (SSSR count). The molecule has 0 atom stereocenters. The molecule has 1 saturated heterocycles. The molecule has 0 bridgehead atoms. The third-order valence-corrected chi connectivity index (χ3v) is 7.08. The summed E-state index contributed by atoms with van der Waals surface area (Å²) in [5, 5.41) is 0. The summed E-state index contributed by atoms with van der Waals surface area (Å²) in [4.78, 5) is 4.08. The Morgan fingerprint density at radius 1 is 1.19 bits per heavy atom. The van der Waals surface area contributed by atoms with Crippen molar-refractivity contribution in [1.29, 1.82) is 0 Å². The zero-order valence-electron chi connectivity index (χ0n) is 9.98. The second-order valence-electron chi connectivity index (χ2n) is 4.44. The average molecular weight is 253 g/mol. The van der Waals surface area contributed by atoms with E-state index in [1.165, 1.54) is 29.9 Å². The Morgan fingerprint density at radius 2 is 1.75 bits per heavy atom. The minimum atomic E-state index is 0.582. The van der Waals surface area contributed by atoms with Gasteiger partial charge < -0.3 is 0 Å². The Kier molecular flexibility index (Phi) is 4.20. The van der Waals surface area contributed by atoms with Crippen LogP contribution < -0.4 is 0 Å². The van der Waals surface area contributed by atoms with Crippen molar-refractivity contribution in [1.82, 2.24) is 4.98 Å². The zero-order chi connectivity index (χ0) is 11.4. The van der Waals surface area contributed by atoms with E-state index < -0.39 is 0 Å². The van der Waals surface area contributed by atoms with Gasteiger partial charge in [0, 0.05) is 23.9 Å². The molecule has 0 saturated carbocycles. The predicted octanol–water partition coefficient (Wildman–Crippen LogP) is 4.37. The van der Waals surface area contributed by atoms with Gasteiger partial charge in [0.15, 0.2) is 0 Å². The molecule has 0 spiro atoms. The fourth-order valence-electron chi connectivity index (χ4n) is 1.97. The van der Waals surface area contributed by atoms with Crippen LogP contribution in [-0.4, -0.2) is 16.5 Å². The molecule has 88 valence electrons. The molecule has 1 aromatic rings. The summed E-state index contributed by atoms with van der Waals surface area (Å²) < 4.78 is 0.620. The fraction of sp³-hybridized carbons (Fsp3) is 0.615. The molecule has 0 aliphatic carbocycles. The Morgan fingerprint density at radius 3 is 2.25 bits per heavy atom. The van der Waals surface area contributed by atoms with Crippen LogP contribution >= 0.6 is 23.5 Å². The summed E-state index contributed by atoms with van der Waals surface area (Å²) >= 11 is 4.22. The highest BCUT2D eigenvalue weighted by atomic mass is 32.2. The molecule has 3 heteroatoms. The highest BCUT2D eigenvalue weighted by molar-refractivity contribution is 8.17. The lowest BCUT2D eigenvalue weighted by Crippen LogP contribution is -2.29. The van der Waals surface area contributed by atoms with E-state index in [1.807, 2.05) is 12.4 Å². The van der Waals surface area contributed by atoms with E-state index in [-0.39, 0.29) is 0 Å². The van der Waals surface area contributed by atoms with E-state index >= 15 is 0 Å². The van der Waals surface area contributed by atoms with Crippen LogP contribution in [0.3, 0.4) is 0 Å². The molecule has 1 aliphatic heterocycles. The van der Waals surface area contributed by atoms with Crippen molar-refractivity contribution in [2.75, 3.05) is 11.5 Å². The van der Waals surface area contributed by atoms with Gasteiger partial charge in [0.05, 0.1) is 4.58 Å². The third kappa shape index (κ3) is 2.57. The van der Waals surface area contributed by atoms with Crippen LogP contribution in [0.4, 0.5) is 0 Å². The van der Waals surface area contributed by atoms with Crippen molar-refractivity contribution in [2.24, 2.45) is 5.41 Å². The molecule has 1 aromatic heterocycles. The molecule has 0 radical (unpaired) electrons. The monoisotopic (exact) mass is 253 g/mol. The van der Waals surface area contributed by atoms with Crippen LogP contribution in [0.1, 0.15) is 36.8 Å². The van der Waals surface area contributed by atoms with Gasteiger partial charge >= 0.3 is 0 Å². The lowest BCUT2D eigenvalue weighted by molar-refractivity contribution is 0.354. The van der Waals surface area contributed by atoms with Gasteiger partial charge in [-0.2, -0.15) is 0 Å². The number of pyridine rings is 1. The Bertz CT molecular complexity index is 312. The van der Waals surface area contributed by atoms with Crippen LogP contribution in [0.25, 0.3) is 0 Å². The second kappa shape index (κ2) is 5.46. The van der Waals surface area contributed by atoms with Crippen molar-refractivity contribution >= 4 is 23.5 Å². The van der Waals surface area contributed by atoms with Gasteiger partial charge in [0.2, 0.25) is 0 Å². The van der Waals surface area contributed by atoms with Crippen LogP contribution in [0.5, 0.6) is 0 Å². The van der Waals surface area contributed by atoms with Crippen LogP contribution in [0.15, 0.2) is 24.5 Å². The first-order chi connectivity index (χ1) is 7.79. The van der Waals surface area contributed by atoms with E-state index in [1.54, 1.807) is 0 Å². The molecule has 16 heavy (non-hydrogen) atoms. The maximum Gasteiger partial charge on any atom is 0.0752 e. The molecule has 2 heterocycles. The average Bonchev–Trinajstić information content (AvgIpc) is 2.40. The van der Waals surface area contributed by atoms with Crippen molar-refractivity contribution in [3.63, 3.8) is 0 Å². The zero-order valence-corrected chi connectivity index (χ0v) is 11.6. The van der Waals surface area contributed by atoms with E-state index in [0.717, 1.165) is 0 Å². The van der Waals surface area contributed by atoms with Crippen molar-refractivity contribution in [3.05, 3.63) is 30.1 Å². The van der Waals surface area contributed by atoms with Crippen LogP contribution in [0.2, 0.25) is 0 Å². The van der Waals surface area contributed by atoms with Gasteiger partial charge in [-0.05, 0) is 36.0 Å². The summed E-state index contributed by atoms with van der Waals surface area (Å²) in [5.74, 6) is 2.61. The Balaban J connectivity index is 2.00. The summed E-state index contributed by atoms with van der Waals surface area (Å²) in [5.41, 5.74) is 2.00.